The summed E-state index contributed by atoms with van der Waals surface area (Å²) in [6, 6.07) is 8.71. The lowest BCUT2D eigenvalue weighted by molar-refractivity contribution is 0.0698. The number of nitrogens with two attached hydrogens (primary N) is 1. The smallest absolute Gasteiger partial charge is 0.240 e. The van der Waals surface area contributed by atoms with Crippen molar-refractivity contribution in [2.75, 3.05) is 19.7 Å². The Morgan fingerprint density at radius 3 is 2.72 bits per heavy atom. The fourth-order valence-corrected chi connectivity index (χ4v) is 2.99. The lowest BCUT2D eigenvalue weighted by atomic mass is 10.1. The molecule has 1 atom stereocenters. The fraction of sp³-hybridized carbons (Fsp3) is 0.556. The summed E-state index contributed by atoms with van der Waals surface area (Å²) < 4.78 is 10.9. The molecule has 1 aromatic heterocycles. The number of hydrogen-bond donors (Lipinski definition) is 1. The molecule has 1 aliphatic rings. The highest BCUT2D eigenvalue weighted by Crippen LogP contribution is 2.15. The first kappa shape index (κ1) is 19.8. The molecule has 0 radical (unpaired) electrons. The van der Waals surface area contributed by atoms with Gasteiger partial charge in [-0.05, 0) is 31.7 Å². The highest BCUT2D eigenvalue weighted by molar-refractivity contribution is 5.85. The summed E-state index contributed by atoms with van der Waals surface area (Å²) in [4.78, 5) is 6.67. The summed E-state index contributed by atoms with van der Waals surface area (Å²) in [5, 5.41) is 4.02. The average Bonchev–Trinajstić information content (AvgIpc) is 3.26. The van der Waals surface area contributed by atoms with E-state index in [1.807, 2.05) is 0 Å². The zero-order valence-electron chi connectivity index (χ0n) is 14.7. The molecule has 0 bridgehead atoms. The van der Waals surface area contributed by atoms with E-state index < -0.39 is 0 Å². The summed E-state index contributed by atoms with van der Waals surface area (Å²) >= 11 is 0. The average molecular weight is 367 g/mol. The van der Waals surface area contributed by atoms with Crippen LogP contribution in [0.3, 0.4) is 0 Å². The maximum absolute atomic E-state index is 5.79. The minimum Gasteiger partial charge on any atom is -0.377 e. The summed E-state index contributed by atoms with van der Waals surface area (Å²) in [6.07, 6.45) is 3.58. The Morgan fingerprint density at radius 1 is 1.28 bits per heavy atom. The molecule has 1 saturated heterocycles. The zero-order chi connectivity index (χ0) is 16.8. The molecule has 0 aliphatic carbocycles. The van der Waals surface area contributed by atoms with Crippen molar-refractivity contribution in [1.82, 2.24) is 15.0 Å². The van der Waals surface area contributed by atoms with Gasteiger partial charge >= 0.3 is 0 Å². The first-order valence-electron chi connectivity index (χ1n) is 8.64. The Hall–Kier alpha value is -1.47. The predicted octanol–water partition coefficient (Wildman–Crippen LogP) is 2.48. The first-order valence-corrected chi connectivity index (χ1v) is 8.64. The summed E-state index contributed by atoms with van der Waals surface area (Å²) in [6.45, 7) is 5.76. The van der Waals surface area contributed by atoms with Crippen molar-refractivity contribution >= 4 is 12.4 Å². The van der Waals surface area contributed by atoms with Crippen molar-refractivity contribution < 1.29 is 9.26 Å². The van der Waals surface area contributed by atoms with Crippen LogP contribution in [-0.4, -0.2) is 40.8 Å². The highest BCUT2D eigenvalue weighted by atomic mass is 35.5. The van der Waals surface area contributed by atoms with Crippen LogP contribution < -0.4 is 5.73 Å². The molecule has 6 nitrogen and oxygen atoms in total. The molecule has 1 fully saturated rings. The lowest BCUT2D eigenvalue weighted by Gasteiger charge is -2.24. The number of halogens is 1. The monoisotopic (exact) mass is 366 g/mol. The molecule has 1 aliphatic heterocycles. The van der Waals surface area contributed by atoms with Gasteiger partial charge in [-0.2, -0.15) is 4.98 Å². The maximum atomic E-state index is 5.79. The Morgan fingerprint density at radius 2 is 2.08 bits per heavy atom. The normalized spacial score (nSPS) is 17.0. The zero-order valence-corrected chi connectivity index (χ0v) is 15.5. The minimum absolute atomic E-state index is 0. The standard InChI is InChI=1S/C18H26N4O2.ClH/c1-14-4-6-15(7-5-14)8-9-22(12-16-3-2-10-23-16)13-17-20-18(11-19)24-21-17;/h4-7,16H,2-3,8-13,19H2,1H3;1H. The van der Waals surface area contributed by atoms with E-state index in [1.165, 1.54) is 11.1 Å². The second-order valence-corrected chi connectivity index (χ2v) is 6.41. The van der Waals surface area contributed by atoms with E-state index >= 15 is 0 Å². The Balaban J connectivity index is 0.00000225. The van der Waals surface area contributed by atoms with E-state index in [1.54, 1.807) is 0 Å². The van der Waals surface area contributed by atoms with Crippen LogP contribution in [0, 0.1) is 6.92 Å². The van der Waals surface area contributed by atoms with Crippen molar-refractivity contribution in [2.45, 2.75) is 45.4 Å². The molecule has 0 spiro atoms. The van der Waals surface area contributed by atoms with Crippen LogP contribution in [0.5, 0.6) is 0 Å². The van der Waals surface area contributed by atoms with E-state index in [-0.39, 0.29) is 19.0 Å². The summed E-state index contributed by atoms with van der Waals surface area (Å²) in [5.41, 5.74) is 8.17. The SMILES string of the molecule is Cc1ccc(CCN(Cc2noc(CN)n2)CC2CCCO2)cc1.Cl. The Bertz CT molecular complexity index is 626. The molecule has 3 rings (SSSR count). The first-order chi connectivity index (χ1) is 11.7. The van der Waals surface area contributed by atoms with Crippen LogP contribution in [0.1, 0.15) is 35.7 Å². The molecule has 0 amide bonds. The van der Waals surface area contributed by atoms with E-state index in [0.29, 0.717) is 24.4 Å². The van der Waals surface area contributed by atoms with Gasteiger partial charge in [0, 0.05) is 19.7 Å². The third kappa shape index (κ3) is 6.08. The molecular formula is C18H27ClN4O2. The second kappa shape index (κ2) is 9.87. The van der Waals surface area contributed by atoms with Crippen LogP contribution in [-0.2, 0) is 24.2 Å². The molecule has 0 saturated carbocycles. The molecule has 2 N–H and O–H groups in total. The number of aromatic nitrogens is 2. The van der Waals surface area contributed by atoms with Crippen molar-refractivity contribution in [1.29, 1.82) is 0 Å². The molecule has 25 heavy (non-hydrogen) atoms. The molecular weight excluding hydrogens is 340 g/mol. The Kier molecular flexibility index (Phi) is 7.84. The van der Waals surface area contributed by atoms with Crippen molar-refractivity contribution in [2.24, 2.45) is 5.73 Å². The number of benzene rings is 1. The number of nitrogens with zero attached hydrogens (tertiary/aromatic N) is 3. The van der Waals surface area contributed by atoms with Crippen LogP contribution >= 0.6 is 12.4 Å². The quantitative estimate of drug-likeness (QED) is 0.773. The number of hydrogen-bond acceptors (Lipinski definition) is 6. The van der Waals surface area contributed by atoms with Crippen LogP contribution in [0.25, 0.3) is 0 Å². The largest absolute Gasteiger partial charge is 0.377 e. The van der Waals surface area contributed by atoms with Gasteiger partial charge in [0.15, 0.2) is 5.82 Å². The van der Waals surface area contributed by atoms with Crippen molar-refractivity contribution in [3.63, 3.8) is 0 Å². The number of rotatable bonds is 8. The van der Waals surface area contributed by atoms with Gasteiger partial charge in [0.2, 0.25) is 5.89 Å². The Labute approximate surface area is 155 Å². The molecule has 1 aromatic carbocycles. The summed E-state index contributed by atoms with van der Waals surface area (Å²) in [5.74, 6) is 1.18. The molecule has 7 heteroatoms. The molecule has 138 valence electrons. The van der Waals surface area contributed by atoms with Gasteiger partial charge < -0.3 is 15.0 Å². The van der Waals surface area contributed by atoms with Gasteiger partial charge in [0.05, 0.1) is 19.2 Å². The van der Waals surface area contributed by atoms with E-state index in [9.17, 15) is 0 Å². The molecule has 2 heterocycles. The van der Waals surface area contributed by atoms with Gasteiger partial charge in [-0.25, -0.2) is 0 Å². The minimum atomic E-state index is 0. The van der Waals surface area contributed by atoms with Gasteiger partial charge in [-0.1, -0.05) is 35.0 Å². The fourth-order valence-electron chi connectivity index (χ4n) is 2.99. The van der Waals surface area contributed by atoms with E-state index in [2.05, 4.69) is 46.2 Å². The molecule has 1 unspecified atom stereocenters. The van der Waals surface area contributed by atoms with Gasteiger partial charge in [-0.15, -0.1) is 12.4 Å². The van der Waals surface area contributed by atoms with Gasteiger partial charge in [0.1, 0.15) is 0 Å². The highest BCUT2D eigenvalue weighted by Gasteiger charge is 2.20. The van der Waals surface area contributed by atoms with Crippen molar-refractivity contribution in [3.05, 3.63) is 47.1 Å². The predicted molar refractivity (Wildman–Crippen MR) is 98.6 cm³/mol. The van der Waals surface area contributed by atoms with Crippen LogP contribution in [0.2, 0.25) is 0 Å². The van der Waals surface area contributed by atoms with Gasteiger partial charge in [-0.3, -0.25) is 4.90 Å². The number of aryl methyl sites for hydroxylation is 1. The third-order valence-electron chi connectivity index (χ3n) is 4.37. The lowest BCUT2D eigenvalue weighted by Crippen LogP contribution is -2.33. The molecule has 2 aromatic rings. The maximum Gasteiger partial charge on any atom is 0.240 e. The van der Waals surface area contributed by atoms with E-state index in [4.69, 9.17) is 15.0 Å². The van der Waals surface area contributed by atoms with Gasteiger partial charge in [0.25, 0.3) is 0 Å². The van der Waals surface area contributed by atoms with Crippen molar-refractivity contribution in [3.8, 4) is 0 Å². The topological polar surface area (TPSA) is 77.4 Å². The van der Waals surface area contributed by atoms with E-state index in [0.717, 1.165) is 39.0 Å². The van der Waals surface area contributed by atoms with Crippen LogP contribution in [0.15, 0.2) is 28.8 Å². The third-order valence-corrected chi connectivity index (χ3v) is 4.37. The second-order valence-electron chi connectivity index (χ2n) is 6.41. The summed E-state index contributed by atoms with van der Waals surface area (Å²) in [7, 11) is 0. The van der Waals surface area contributed by atoms with Crippen LogP contribution in [0.4, 0.5) is 0 Å². The number of ether oxygens (including phenoxy) is 1.